The number of hydrogen-bond donors (Lipinski definition) is 0. The van der Waals surface area contributed by atoms with E-state index >= 15 is 0 Å². The fourth-order valence-corrected chi connectivity index (χ4v) is 3.32. The standard InChI is InChI=1S/C20H25NO4/c1-15-19(20(22)23-2)11-18(25-15)13-21-10-6-7-16(12-21)14-24-17-8-4-3-5-9-17/h3-5,8-9,11,16H,6-7,10,12-14H2,1-2H3. The number of furan rings is 1. The third kappa shape index (κ3) is 4.63. The third-order valence-corrected chi connectivity index (χ3v) is 4.59. The number of likely N-dealkylation sites (tertiary alicyclic amines) is 1. The molecule has 25 heavy (non-hydrogen) atoms. The molecule has 3 rings (SSSR count). The first kappa shape index (κ1) is 17.5. The first-order valence-corrected chi connectivity index (χ1v) is 8.73. The van der Waals surface area contributed by atoms with Crippen molar-refractivity contribution in [2.75, 3.05) is 26.8 Å². The zero-order chi connectivity index (χ0) is 17.6. The number of ether oxygens (including phenoxy) is 2. The van der Waals surface area contributed by atoms with Crippen LogP contribution in [0.3, 0.4) is 0 Å². The molecule has 0 bridgehead atoms. The van der Waals surface area contributed by atoms with E-state index < -0.39 is 0 Å². The van der Waals surface area contributed by atoms with Crippen molar-refractivity contribution in [1.29, 1.82) is 0 Å². The fraction of sp³-hybridized carbons (Fsp3) is 0.450. The summed E-state index contributed by atoms with van der Waals surface area (Å²) in [4.78, 5) is 14.1. The van der Waals surface area contributed by atoms with Crippen LogP contribution < -0.4 is 4.74 Å². The molecule has 5 heteroatoms. The molecule has 0 spiro atoms. The SMILES string of the molecule is COC(=O)c1cc(CN2CCCC(COc3ccccc3)C2)oc1C. The predicted molar refractivity (Wildman–Crippen MR) is 94.7 cm³/mol. The second-order valence-corrected chi connectivity index (χ2v) is 6.54. The van der Waals surface area contributed by atoms with Gasteiger partial charge in [0, 0.05) is 12.5 Å². The molecule has 1 aromatic heterocycles. The maximum absolute atomic E-state index is 11.7. The molecule has 0 amide bonds. The van der Waals surface area contributed by atoms with E-state index in [9.17, 15) is 4.79 Å². The summed E-state index contributed by atoms with van der Waals surface area (Å²) < 4.78 is 16.4. The lowest BCUT2D eigenvalue weighted by atomic mass is 9.99. The van der Waals surface area contributed by atoms with Crippen molar-refractivity contribution in [2.24, 2.45) is 5.92 Å². The number of nitrogens with zero attached hydrogens (tertiary/aromatic N) is 1. The highest BCUT2D eigenvalue weighted by Crippen LogP contribution is 2.22. The van der Waals surface area contributed by atoms with E-state index in [1.165, 1.54) is 13.5 Å². The van der Waals surface area contributed by atoms with Crippen molar-refractivity contribution in [3.8, 4) is 5.75 Å². The van der Waals surface area contributed by atoms with E-state index in [-0.39, 0.29) is 5.97 Å². The molecule has 0 radical (unpaired) electrons. The molecule has 1 aromatic carbocycles. The predicted octanol–water partition coefficient (Wildman–Crippen LogP) is 3.67. The van der Waals surface area contributed by atoms with Gasteiger partial charge in [0.1, 0.15) is 22.8 Å². The van der Waals surface area contributed by atoms with Crippen LogP contribution in [0, 0.1) is 12.8 Å². The van der Waals surface area contributed by atoms with E-state index in [2.05, 4.69) is 4.90 Å². The topological polar surface area (TPSA) is 51.9 Å². The van der Waals surface area contributed by atoms with Gasteiger partial charge in [0.15, 0.2) is 0 Å². The van der Waals surface area contributed by atoms with Gasteiger partial charge in [-0.1, -0.05) is 18.2 Å². The number of piperidine rings is 1. The van der Waals surface area contributed by atoms with Crippen LogP contribution >= 0.6 is 0 Å². The van der Waals surface area contributed by atoms with Crippen LogP contribution in [0.1, 0.15) is 34.7 Å². The summed E-state index contributed by atoms with van der Waals surface area (Å²) in [6.45, 7) is 5.24. The Hall–Kier alpha value is -2.27. The molecule has 0 N–H and O–H groups in total. The monoisotopic (exact) mass is 343 g/mol. The van der Waals surface area contributed by atoms with Crippen LogP contribution in [0.4, 0.5) is 0 Å². The van der Waals surface area contributed by atoms with Crippen LogP contribution in [0.5, 0.6) is 5.75 Å². The Labute approximate surface area is 148 Å². The van der Waals surface area contributed by atoms with Crippen molar-refractivity contribution in [1.82, 2.24) is 4.90 Å². The Morgan fingerprint density at radius 2 is 2.12 bits per heavy atom. The lowest BCUT2D eigenvalue weighted by molar-refractivity contribution is 0.0599. The Morgan fingerprint density at radius 3 is 2.88 bits per heavy atom. The highest BCUT2D eigenvalue weighted by molar-refractivity contribution is 5.90. The van der Waals surface area contributed by atoms with E-state index in [0.29, 0.717) is 23.8 Å². The zero-order valence-corrected chi connectivity index (χ0v) is 14.9. The van der Waals surface area contributed by atoms with Crippen molar-refractivity contribution in [2.45, 2.75) is 26.3 Å². The minimum Gasteiger partial charge on any atom is -0.493 e. The highest BCUT2D eigenvalue weighted by Gasteiger charge is 2.23. The lowest BCUT2D eigenvalue weighted by Gasteiger charge is -2.32. The molecule has 1 aliphatic heterocycles. The summed E-state index contributed by atoms with van der Waals surface area (Å²) in [6, 6.07) is 11.7. The second-order valence-electron chi connectivity index (χ2n) is 6.54. The van der Waals surface area contributed by atoms with E-state index in [0.717, 1.165) is 37.6 Å². The summed E-state index contributed by atoms with van der Waals surface area (Å²) in [5.41, 5.74) is 0.512. The van der Waals surface area contributed by atoms with Gasteiger partial charge >= 0.3 is 5.97 Å². The average Bonchev–Trinajstić information content (AvgIpc) is 3.00. The number of carbonyl (C=O) groups excluding carboxylic acids is 1. The normalized spacial score (nSPS) is 18.1. The van der Waals surface area contributed by atoms with Gasteiger partial charge in [-0.3, -0.25) is 4.90 Å². The van der Waals surface area contributed by atoms with Crippen molar-refractivity contribution >= 4 is 5.97 Å². The summed E-state index contributed by atoms with van der Waals surface area (Å²) in [5, 5.41) is 0. The molecule has 1 atom stereocenters. The number of rotatable bonds is 6. The molecule has 0 saturated carbocycles. The van der Waals surface area contributed by atoms with Gasteiger partial charge in [0.05, 0.1) is 20.3 Å². The van der Waals surface area contributed by atoms with Crippen LogP contribution in [0.2, 0.25) is 0 Å². The van der Waals surface area contributed by atoms with E-state index in [4.69, 9.17) is 13.9 Å². The van der Waals surface area contributed by atoms with E-state index in [1.807, 2.05) is 30.3 Å². The van der Waals surface area contributed by atoms with Gasteiger partial charge in [-0.25, -0.2) is 4.79 Å². The molecule has 134 valence electrons. The molecule has 1 aliphatic rings. The van der Waals surface area contributed by atoms with Crippen molar-refractivity contribution in [3.05, 3.63) is 53.5 Å². The lowest BCUT2D eigenvalue weighted by Crippen LogP contribution is -2.37. The molecule has 1 saturated heterocycles. The first-order valence-electron chi connectivity index (χ1n) is 8.73. The summed E-state index contributed by atoms with van der Waals surface area (Å²) in [7, 11) is 1.39. The third-order valence-electron chi connectivity index (χ3n) is 4.59. The van der Waals surface area contributed by atoms with Crippen molar-refractivity contribution in [3.63, 3.8) is 0 Å². The maximum atomic E-state index is 11.7. The molecule has 2 heterocycles. The van der Waals surface area contributed by atoms with Crippen molar-refractivity contribution < 1.29 is 18.7 Å². The Kier molecular flexibility index (Phi) is 5.76. The van der Waals surface area contributed by atoms with Gasteiger partial charge in [-0.05, 0) is 44.5 Å². The minimum atomic E-state index is -0.347. The van der Waals surface area contributed by atoms with Gasteiger partial charge < -0.3 is 13.9 Å². The minimum absolute atomic E-state index is 0.347. The number of para-hydroxylation sites is 1. The van der Waals surface area contributed by atoms with Gasteiger partial charge in [-0.15, -0.1) is 0 Å². The quantitative estimate of drug-likeness (QED) is 0.749. The number of esters is 1. The van der Waals surface area contributed by atoms with E-state index in [1.54, 1.807) is 13.0 Å². The molecular formula is C20H25NO4. The Balaban J connectivity index is 1.54. The number of hydrogen-bond acceptors (Lipinski definition) is 5. The van der Waals surface area contributed by atoms with Gasteiger partial charge in [0.2, 0.25) is 0 Å². The molecular weight excluding hydrogens is 318 g/mol. The average molecular weight is 343 g/mol. The van der Waals surface area contributed by atoms with Crippen LogP contribution in [0.15, 0.2) is 40.8 Å². The van der Waals surface area contributed by atoms with Crippen LogP contribution in [-0.2, 0) is 11.3 Å². The molecule has 1 fully saturated rings. The summed E-state index contributed by atoms with van der Waals surface area (Å²) in [6.07, 6.45) is 2.32. The highest BCUT2D eigenvalue weighted by atomic mass is 16.5. The van der Waals surface area contributed by atoms with Crippen LogP contribution in [0.25, 0.3) is 0 Å². The number of aryl methyl sites for hydroxylation is 1. The number of methoxy groups -OCH3 is 1. The summed E-state index contributed by atoms with van der Waals surface area (Å²) in [5.74, 6) is 2.50. The molecule has 0 aliphatic carbocycles. The number of carbonyl (C=O) groups is 1. The number of benzene rings is 1. The molecule has 5 nitrogen and oxygen atoms in total. The van der Waals surface area contributed by atoms with Gasteiger partial charge in [-0.2, -0.15) is 0 Å². The first-order chi connectivity index (χ1) is 12.2. The fourth-order valence-electron chi connectivity index (χ4n) is 3.32. The molecule has 2 aromatic rings. The Bertz CT molecular complexity index is 695. The largest absolute Gasteiger partial charge is 0.493 e. The van der Waals surface area contributed by atoms with Crippen LogP contribution in [-0.4, -0.2) is 37.7 Å². The zero-order valence-electron chi connectivity index (χ0n) is 14.9. The molecule has 1 unspecified atom stereocenters. The summed E-state index contributed by atoms with van der Waals surface area (Å²) >= 11 is 0. The second kappa shape index (κ2) is 8.21. The Morgan fingerprint density at radius 1 is 1.32 bits per heavy atom. The maximum Gasteiger partial charge on any atom is 0.341 e. The smallest absolute Gasteiger partial charge is 0.341 e. The van der Waals surface area contributed by atoms with Gasteiger partial charge in [0.25, 0.3) is 0 Å².